The molecule has 0 unspecified atom stereocenters. The molecular weight excluding hydrogens is 376 g/mol. The Kier molecular flexibility index (Phi) is 6.94. The highest BCUT2D eigenvalue weighted by Crippen LogP contribution is 2.28. The molecular formula is C20H22N4O3S. The van der Waals surface area contributed by atoms with E-state index in [1.54, 1.807) is 18.2 Å². The zero-order valence-corrected chi connectivity index (χ0v) is 16.3. The molecule has 0 aliphatic rings. The Morgan fingerprint density at radius 2 is 1.93 bits per heavy atom. The maximum atomic E-state index is 12.3. The fraction of sp³-hybridized carbons (Fsp3) is 0.250. The molecule has 0 saturated carbocycles. The van der Waals surface area contributed by atoms with E-state index >= 15 is 0 Å². The smallest absolute Gasteiger partial charge is 0.319 e. The van der Waals surface area contributed by atoms with E-state index in [9.17, 15) is 9.59 Å². The van der Waals surface area contributed by atoms with E-state index in [-0.39, 0.29) is 11.9 Å². The van der Waals surface area contributed by atoms with Crippen LogP contribution in [-0.4, -0.2) is 36.7 Å². The molecule has 0 fully saturated rings. The van der Waals surface area contributed by atoms with Crippen molar-refractivity contribution in [2.24, 2.45) is 0 Å². The second kappa shape index (κ2) is 9.82. The van der Waals surface area contributed by atoms with E-state index in [1.165, 1.54) is 11.3 Å². The predicted octanol–water partition coefficient (Wildman–Crippen LogP) is 4.10. The number of benzene rings is 2. The SMILES string of the molecule is CCOCCCNC(=O)Nc1ccc2sc(NC(=O)c3ccccc3)nc2c1. The lowest BCUT2D eigenvalue weighted by molar-refractivity contribution is 0.102. The third kappa shape index (κ3) is 5.51. The Labute approximate surface area is 167 Å². The number of amides is 3. The molecule has 3 rings (SSSR count). The zero-order valence-electron chi connectivity index (χ0n) is 15.5. The highest BCUT2D eigenvalue weighted by molar-refractivity contribution is 7.22. The van der Waals surface area contributed by atoms with Gasteiger partial charge in [-0.05, 0) is 43.7 Å². The van der Waals surface area contributed by atoms with Crippen molar-refractivity contribution >= 4 is 44.3 Å². The third-order valence-corrected chi connectivity index (χ3v) is 4.81. The molecule has 3 aromatic rings. The first-order valence-corrected chi connectivity index (χ1v) is 9.87. The lowest BCUT2D eigenvalue weighted by Gasteiger charge is -2.07. The summed E-state index contributed by atoms with van der Waals surface area (Å²) in [6.07, 6.45) is 0.761. The van der Waals surface area contributed by atoms with Crippen LogP contribution < -0.4 is 16.0 Å². The van der Waals surface area contributed by atoms with E-state index in [0.29, 0.717) is 41.7 Å². The molecule has 8 heteroatoms. The number of aromatic nitrogens is 1. The van der Waals surface area contributed by atoms with Crippen LogP contribution in [0.2, 0.25) is 0 Å². The van der Waals surface area contributed by atoms with Gasteiger partial charge in [-0.1, -0.05) is 29.5 Å². The van der Waals surface area contributed by atoms with E-state index in [0.717, 1.165) is 11.1 Å². The Morgan fingerprint density at radius 1 is 1.11 bits per heavy atom. The zero-order chi connectivity index (χ0) is 19.8. The van der Waals surface area contributed by atoms with Gasteiger partial charge in [0.2, 0.25) is 0 Å². The van der Waals surface area contributed by atoms with Crippen LogP contribution in [0.4, 0.5) is 15.6 Å². The summed E-state index contributed by atoms with van der Waals surface area (Å²) in [4.78, 5) is 28.6. The maximum Gasteiger partial charge on any atom is 0.319 e. The number of anilines is 2. The average Bonchev–Trinajstić information content (AvgIpc) is 3.10. The van der Waals surface area contributed by atoms with Crippen molar-refractivity contribution in [1.29, 1.82) is 0 Å². The van der Waals surface area contributed by atoms with Gasteiger partial charge in [0.05, 0.1) is 10.2 Å². The van der Waals surface area contributed by atoms with Gasteiger partial charge in [0.1, 0.15) is 0 Å². The summed E-state index contributed by atoms with van der Waals surface area (Å²) in [5.74, 6) is -0.204. The number of fused-ring (bicyclic) bond motifs is 1. The predicted molar refractivity (Wildman–Crippen MR) is 112 cm³/mol. The fourth-order valence-corrected chi connectivity index (χ4v) is 3.35. The van der Waals surface area contributed by atoms with Gasteiger partial charge >= 0.3 is 6.03 Å². The maximum absolute atomic E-state index is 12.3. The summed E-state index contributed by atoms with van der Waals surface area (Å²) >= 11 is 1.38. The molecule has 7 nitrogen and oxygen atoms in total. The second-order valence-corrected chi connectivity index (χ2v) is 6.98. The van der Waals surface area contributed by atoms with Gasteiger partial charge in [0.15, 0.2) is 5.13 Å². The van der Waals surface area contributed by atoms with Crippen LogP contribution in [0.1, 0.15) is 23.7 Å². The van der Waals surface area contributed by atoms with Gasteiger partial charge in [0, 0.05) is 31.0 Å². The van der Waals surface area contributed by atoms with Crippen molar-refractivity contribution in [3.8, 4) is 0 Å². The van der Waals surface area contributed by atoms with Crippen LogP contribution in [0.15, 0.2) is 48.5 Å². The van der Waals surface area contributed by atoms with Gasteiger partial charge in [-0.2, -0.15) is 0 Å². The van der Waals surface area contributed by atoms with Crippen LogP contribution in [-0.2, 0) is 4.74 Å². The van der Waals surface area contributed by atoms with Crippen molar-refractivity contribution in [3.63, 3.8) is 0 Å². The molecule has 0 bridgehead atoms. The minimum absolute atomic E-state index is 0.204. The molecule has 0 atom stereocenters. The van der Waals surface area contributed by atoms with Gasteiger partial charge in [0.25, 0.3) is 5.91 Å². The first-order valence-electron chi connectivity index (χ1n) is 9.05. The number of nitrogens with one attached hydrogen (secondary N) is 3. The number of thiazole rings is 1. The van der Waals surface area contributed by atoms with Crippen molar-refractivity contribution in [2.45, 2.75) is 13.3 Å². The standard InChI is InChI=1S/C20H22N4O3S/c1-2-27-12-6-11-21-19(26)22-15-9-10-17-16(13-15)23-20(28-17)24-18(25)14-7-4-3-5-8-14/h3-5,7-10,13H,2,6,11-12H2,1H3,(H2,21,22,26)(H,23,24,25). The lowest BCUT2D eigenvalue weighted by atomic mass is 10.2. The summed E-state index contributed by atoms with van der Waals surface area (Å²) in [6, 6.07) is 14.2. The Hall–Kier alpha value is -2.97. The molecule has 28 heavy (non-hydrogen) atoms. The molecule has 1 heterocycles. The van der Waals surface area contributed by atoms with Gasteiger partial charge in [-0.15, -0.1) is 0 Å². The van der Waals surface area contributed by atoms with Crippen LogP contribution in [0.25, 0.3) is 10.2 Å². The van der Waals surface area contributed by atoms with Crippen molar-refractivity contribution in [2.75, 3.05) is 30.4 Å². The molecule has 0 aliphatic carbocycles. The van der Waals surface area contributed by atoms with Crippen molar-refractivity contribution in [3.05, 3.63) is 54.1 Å². The summed E-state index contributed by atoms with van der Waals surface area (Å²) in [7, 11) is 0. The number of hydrogen-bond acceptors (Lipinski definition) is 5. The van der Waals surface area contributed by atoms with Crippen molar-refractivity contribution in [1.82, 2.24) is 10.3 Å². The summed E-state index contributed by atoms with van der Waals surface area (Å²) in [5.41, 5.74) is 1.92. The van der Waals surface area contributed by atoms with Gasteiger partial charge in [-0.3, -0.25) is 10.1 Å². The summed E-state index contributed by atoms with van der Waals surface area (Å²) < 4.78 is 6.15. The molecule has 3 N–H and O–H groups in total. The Balaban J connectivity index is 1.58. The summed E-state index contributed by atoms with van der Waals surface area (Å²) in [5, 5.41) is 8.89. The largest absolute Gasteiger partial charge is 0.382 e. The number of nitrogens with zero attached hydrogens (tertiary/aromatic N) is 1. The molecule has 0 saturated heterocycles. The fourth-order valence-electron chi connectivity index (χ4n) is 2.51. The highest BCUT2D eigenvalue weighted by Gasteiger charge is 2.10. The number of urea groups is 1. The number of carbonyl (C=O) groups excluding carboxylic acids is 2. The second-order valence-electron chi connectivity index (χ2n) is 5.95. The molecule has 146 valence electrons. The minimum atomic E-state index is -0.274. The number of rotatable bonds is 8. The van der Waals surface area contributed by atoms with E-state index in [4.69, 9.17) is 4.74 Å². The lowest BCUT2D eigenvalue weighted by Crippen LogP contribution is -2.30. The number of hydrogen-bond donors (Lipinski definition) is 3. The number of ether oxygens (including phenoxy) is 1. The summed E-state index contributed by atoms with van der Waals surface area (Å²) in [6.45, 7) is 3.78. The quantitative estimate of drug-likeness (QED) is 0.498. The average molecular weight is 398 g/mol. The third-order valence-electron chi connectivity index (χ3n) is 3.86. The van der Waals surface area contributed by atoms with Gasteiger partial charge < -0.3 is 15.4 Å². The van der Waals surface area contributed by atoms with Crippen LogP contribution in [0.5, 0.6) is 0 Å². The Morgan fingerprint density at radius 3 is 2.71 bits per heavy atom. The van der Waals surface area contributed by atoms with Crippen molar-refractivity contribution < 1.29 is 14.3 Å². The molecule has 1 aromatic heterocycles. The normalized spacial score (nSPS) is 10.6. The molecule has 0 aliphatic heterocycles. The molecule has 0 spiro atoms. The van der Waals surface area contributed by atoms with Crippen LogP contribution >= 0.6 is 11.3 Å². The highest BCUT2D eigenvalue weighted by atomic mass is 32.1. The first-order chi connectivity index (χ1) is 13.7. The molecule has 3 amide bonds. The Bertz CT molecular complexity index is 943. The van der Waals surface area contributed by atoms with Gasteiger partial charge in [-0.25, -0.2) is 9.78 Å². The molecule has 2 aromatic carbocycles. The monoisotopic (exact) mass is 398 g/mol. The first kappa shape index (κ1) is 19.8. The molecule has 0 radical (unpaired) electrons. The number of carbonyl (C=O) groups is 2. The van der Waals surface area contributed by atoms with E-state index < -0.39 is 0 Å². The van der Waals surface area contributed by atoms with Crippen LogP contribution in [0.3, 0.4) is 0 Å². The van der Waals surface area contributed by atoms with E-state index in [2.05, 4.69) is 20.9 Å². The van der Waals surface area contributed by atoms with Crippen LogP contribution in [0, 0.1) is 0 Å². The van der Waals surface area contributed by atoms with E-state index in [1.807, 2.05) is 37.3 Å². The topological polar surface area (TPSA) is 92.4 Å². The minimum Gasteiger partial charge on any atom is -0.382 e.